The maximum atomic E-state index is 12.4. The van der Waals surface area contributed by atoms with Crippen LogP contribution >= 0.6 is 11.6 Å². The molecule has 2 aromatic heterocycles. The lowest BCUT2D eigenvalue weighted by Gasteiger charge is -2.26. The molecule has 0 atom stereocenters. The molecule has 0 fully saturated rings. The van der Waals surface area contributed by atoms with Crippen LogP contribution in [0.2, 0.25) is 5.15 Å². The van der Waals surface area contributed by atoms with E-state index in [1.165, 1.54) is 4.90 Å². The van der Waals surface area contributed by atoms with Crippen LogP contribution in [0.5, 0.6) is 0 Å². The Hall–Kier alpha value is -2.08. The van der Waals surface area contributed by atoms with E-state index in [1.54, 1.807) is 16.9 Å². The van der Waals surface area contributed by atoms with Gasteiger partial charge >= 0.3 is 6.09 Å². The first-order valence-corrected chi connectivity index (χ1v) is 6.94. The van der Waals surface area contributed by atoms with Gasteiger partial charge in [0.1, 0.15) is 16.3 Å². The van der Waals surface area contributed by atoms with E-state index >= 15 is 0 Å². The zero-order valence-corrected chi connectivity index (χ0v) is 12.8. The highest BCUT2D eigenvalue weighted by molar-refractivity contribution is 6.29. The molecule has 110 valence electrons. The summed E-state index contributed by atoms with van der Waals surface area (Å²) in [6.07, 6.45) is 6.64. The third-order valence-electron chi connectivity index (χ3n) is 2.93. The van der Waals surface area contributed by atoms with Gasteiger partial charge in [0.05, 0.1) is 12.4 Å². The number of rotatable bonds is 0. The fraction of sp³-hybridized carbons (Fsp3) is 0.357. The average molecular weight is 307 g/mol. The van der Waals surface area contributed by atoms with E-state index in [1.807, 2.05) is 32.9 Å². The van der Waals surface area contributed by atoms with Crippen LogP contribution in [0.4, 0.5) is 10.6 Å². The van der Waals surface area contributed by atoms with Crippen LogP contribution in [0, 0.1) is 0 Å². The van der Waals surface area contributed by atoms with Crippen LogP contribution in [0.25, 0.3) is 11.6 Å². The molecule has 1 amide bonds. The van der Waals surface area contributed by atoms with Crippen molar-refractivity contribution in [3.8, 4) is 0 Å². The van der Waals surface area contributed by atoms with Crippen LogP contribution in [0.3, 0.4) is 0 Å². The topological polar surface area (TPSA) is 59.7 Å². The molecule has 0 bridgehead atoms. The predicted molar refractivity (Wildman–Crippen MR) is 80.6 cm³/mol. The van der Waals surface area contributed by atoms with Crippen molar-refractivity contribution >= 4 is 35.1 Å². The monoisotopic (exact) mass is 306 g/mol. The fourth-order valence-electron chi connectivity index (χ4n) is 2.15. The Labute approximate surface area is 127 Å². The Morgan fingerprint density at radius 2 is 2.19 bits per heavy atom. The number of ether oxygens (including phenoxy) is 1. The highest BCUT2D eigenvalue weighted by Crippen LogP contribution is 2.29. The van der Waals surface area contributed by atoms with Crippen molar-refractivity contribution in [2.24, 2.45) is 0 Å². The highest BCUT2D eigenvalue weighted by atomic mass is 35.5. The van der Waals surface area contributed by atoms with Gasteiger partial charge in [-0.15, -0.1) is 0 Å². The molecule has 0 radical (unpaired) electrons. The van der Waals surface area contributed by atoms with Gasteiger partial charge in [0.25, 0.3) is 0 Å². The number of anilines is 1. The van der Waals surface area contributed by atoms with Gasteiger partial charge in [0.15, 0.2) is 5.82 Å². The smallest absolute Gasteiger partial charge is 0.416 e. The third-order valence-corrected chi connectivity index (χ3v) is 3.11. The zero-order chi connectivity index (χ0) is 15.2. The van der Waals surface area contributed by atoms with Gasteiger partial charge in [-0.2, -0.15) is 5.10 Å². The van der Waals surface area contributed by atoms with E-state index in [0.29, 0.717) is 12.4 Å². The lowest BCUT2D eigenvalue weighted by Crippen LogP contribution is -2.37. The number of aromatic nitrogens is 3. The third kappa shape index (κ3) is 2.58. The van der Waals surface area contributed by atoms with Crippen molar-refractivity contribution in [2.75, 3.05) is 11.4 Å². The van der Waals surface area contributed by atoms with Crippen molar-refractivity contribution in [3.63, 3.8) is 0 Å². The SMILES string of the molecule is CC(C)(C)OC(=O)N1CC=Cc2cnn3cc(Cl)nc1c23. The maximum absolute atomic E-state index is 12.4. The van der Waals surface area contributed by atoms with E-state index in [4.69, 9.17) is 16.3 Å². The standard InChI is InChI=1S/C14H15ClN4O2/c1-14(2,3)21-13(20)18-6-4-5-9-7-16-19-8-10(15)17-12(18)11(9)19/h4-5,7-8H,6H2,1-3H3. The lowest BCUT2D eigenvalue weighted by atomic mass is 10.2. The summed E-state index contributed by atoms with van der Waals surface area (Å²) < 4.78 is 7.05. The first kappa shape index (κ1) is 13.9. The minimum absolute atomic E-state index is 0.266. The Bertz CT molecular complexity index is 745. The first-order valence-electron chi connectivity index (χ1n) is 6.56. The lowest BCUT2D eigenvalue weighted by molar-refractivity contribution is 0.0583. The molecule has 0 aliphatic carbocycles. The summed E-state index contributed by atoms with van der Waals surface area (Å²) >= 11 is 6.02. The molecule has 1 aliphatic rings. The van der Waals surface area contributed by atoms with E-state index in [0.717, 1.165) is 11.1 Å². The molecule has 2 aromatic rings. The Morgan fingerprint density at radius 1 is 1.43 bits per heavy atom. The molecule has 6 nitrogen and oxygen atoms in total. The van der Waals surface area contributed by atoms with E-state index in [9.17, 15) is 4.79 Å². The van der Waals surface area contributed by atoms with Gasteiger partial charge in [-0.1, -0.05) is 23.8 Å². The molecule has 0 saturated carbocycles. The maximum Gasteiger partial charge on any atom is 0.416 e. The van der Waals surface area contributed by atoms with Gasteiger partial charge in [-0.05, 0) is 20.8 Å². The molecule has 0 unspecified atom stereocenters. The van der Waals surface area contributed by atoms with Gasteiger partial charge < -0.3 is 4.74 Å². The molecular formula is C14H15ClN4O2. The van der Waals surface area contributed by atoms with Gasteiger partial charge in [-0.25, -0.2) is 14.3 Å². The summed E-state index contributed by atoms with van der Waals surface area (Å²) in [6, 6.07) is 0. The van der Waals surface area contributed by atoms with E-state index in [2.05, 4.69) is 10.1 Å². The quantitative estimate of drug-likeness (QED) is 0.750. The van der Waals surface area contributed by atoms with Crippen molar-refractivity contribution in [3.05, 3.63) is 29.2 Å². The fourth-order valence-corrected chi connectivity index (χ4v) is 2.32. The van der Waals surface area contributed by atoms with E-state index in [-0.39, 0.29) is 5.15 Å². The summed E-state index contributed by atoms with van der Waals surface area (Å²) in [4.78, 5) is 18.2. The largest absolute Gasteiger partial charge is 0.443 e. The zero-order valence-electron chi connectivity index (χ0n) is 12.0. The molecule has 0 saturated heterocycles. The normalized spacial score (nSPS) is 14.4. The van der Waals surface area contributed by atoms with Crippen LogP contribution in [-0.4, -0.2) is 32.8 Å². The second-order valence-corrected chi connectivity index (χ2v) is 6.16. The minimum Gasteiger partial charge on any atom is -0.443 e. The Kier molecular flexibility index (Phi) is 3.13. The second kappa shape index (κ2) is 4.73. The number of nitrogens with zero attached hydrogens (tertiary/aromatic N) is 4. The number of carbonyl (C=O) groups is 1. The second-order valence-electron chi connectivity index (χ2n) is 5.77. The number of amides is 1. The molecule has 7 heteroatoms. The molecular weight excluding hydrogens is 292 g/mol. The van der Waals surface area contributed by atoms with Crippen molar-refractivity contribution in [2.45, 2.75) is 26.4 Å². The van der Waals surface area contributed by atoms with Crippen molar-refractivity contribution in [1.29, 1.82) is 0 Å². The summed E-state index contributed by atoms with van der Waals surface area (Å²) in [5.41, 5.74) is 1.05. The van der Waals surface area contributed by atoms with E-state index < -0.39 is 11.7 Å². The number of hydrogen-bond donors (Lipinski definition) is 0. The van der Waals surface area contributed by atoms with Crippen molar-refractivity contribution < 1.29 is 9.53 Å². The van der Waals surface area contributed by atoms with Crippen LogP contribution in [0.1, 0.15) is 26.3 Å². The summed E-state index contributed by atoms with van der Waals surface area (Å²) in [7, 11) is 0. The number of carbonyl (C=O) groups excluding carboxylic acids is 1. The molecule has 3 rings (SSSR count). The summed E-state index contributed by atoms with van der Waals surface area (Å²) in [5, 5.41) is 4.49. The number of halogens is 1. The highest BCUT2D eigenvalue weighted by Gasteiger charge is 2.27. The Morgan fingerprint density at radius 3 is 2.90 bits per heavy atom. The Balaban J connectivity index is 2.12. The van der Waals surface area contributed by atoms with Gasteiger partial charge in [-0.3, -0.25) is 4.90 Å². The van der Waals surface area contributed by atoms with Crippen molar-refractivity contribution in [1.82, 2.24) is 14.6 Å². The molecule has 3 heterocycles. The van der Waals surface area contributed by atoms with Crippen LogP contribution in [-0.2, 0) is 4.74 Å². The average Bonchev–Trinajstić information content (AvgIpc) is 2.64. The van der Waals surface area contributed by atoms with Crippen LogP contribution < -0.4 is 4.90 Å². The predicted octanol–water partition coefficient (Wildman–Crippen LogP) is 3.15. The molecule has 0 spiro atoms. The summed E-state index contributed by atoms with van der Waals surface area (Å²) in [5.74, 6) is 0.453. The number of hydrogen-bond acceptors (Lipinski definition) is 4. The van der Waals surface area contributed by atoms with Gasteiger partial charge in [0, 0.05) is 12.1 Å². The molecule has 21 heavy (non-hydrogen) atoms. The van der Waals surface area contributed by atoms with Gasteiger partial charge in [0.2, 0.25) is 0 Å². The first-order chi connectivity index (χ1) is 9.85. The van der Waals surface area contributed by atoms with Crippen LogP contribution in [0.15, 0.2) is 18.5 Å². The summed E-state index contributed by atoms with van der Waals surface area (Å²) in [6.45, 7) is 5.84. The minimum atomic E-state index is -0.578. The molecule has 0 N–H and O–H groups in total. The molecule has 1 aliphatic heterocycles. The molecule has 0 aromatic carbocycles.